The molecule has 0 saturated heterocycles. The Morgan fingerprint density at radius 3 is 2.44 bits per heavy atom. The van der Waals surface area contributed by atoms with E-state index in [0.29, 0.717) is 11.3 Å². The molecule has 0 aromatic heterocycles. The molecule has 0 spiro atoms. The fourth-order valence-corrected chi connectivity index (χ4v) is 4.04. The number of aliphatic hydroxyl groups excluding tert-OH is 1. The summed E-state index contributed by atoms with van der Waals surface area (Å²) in [6, 6.07) is 6.48. The number of hydrogen-bond donors (Lipinski definition) is 2. The largest absolute Gasteiger partial charge is 0.442 e. The van der Waals surface area contributed by atoms with Gasteiger partial charge in [0, 0.05) is 31.4 Å². The van der Waals surface area contributed by atoms with Crippen LogP contribution in [0.1, 0.15) is 43.8 Å². The third kappa shape index (κ3) is 9.61. The van der Waals surface area contributed by atoms with Gasteiger partial charge in [0.2, 0.25) is 0 Å². The van der Waals surface area contributed by atoms with Gasteiger partial charge < -0.3 is 24.6 Å². The van der Waals surface area contributed by atoms with Crippen molar-refractivity contribution in [3.63, 3.8) is 0 Å². The lowest BCUT2D eigenvalue weighted by atomic mass is 10.0. The van der Waals surface area contributed by atoms with Crippen LogP contribution >= 0.6 is 0 Å². The van der Waals surface area contributed by atoms with Crippen molar-refractivity contribution in [3.05, 3.63) is 54.1 Å². The van der Waals surface area contributed by atoms with E-state index in [1.54, 1.807) is 31.3 Å². The zero-order valence-corrected chi connectivity index (χ0v) is 22.3. The third-order valence-corrected chi connectivity index (χ3v) is 6.36. The third-order valence-electron chi connectivity index (χ3n) is 6.36. The predicted molar refractivity (Wildman–Crippen MR) is 143 cm³/mol. The summed E-state index contributed by atoms with van der Waals surface area (Å²) in [4.78, 5) is 50.2. The monoisotopic (exact) mass is 543 g/mol. The SMILES string of the molecule is CN(C(=O)O[C@H]1/C=C/CCCCC1)c1ccc(C(O)C(=O)NCCOCCOCCN2C(=O)C=CC2=O)cc1. The molecule has 0 radical (unpaired) electrons. The number of carbonyl (C=O) groups is 4. The van der Waals surface area contributed by atoms with Crippen molar-refractivity contribution < 1.29 is 38.5 Å². The van der Waals surface area contributed by atoms with Crippen molar-refractivity contribution in [2.24, 2.45) is 0 Å². The van der Waals surface area contributed by atoms with Crippen molar-refractivity contribution in [1.82, 2.24) is 10.2 Å². The van der Waals surface area contributed by atoms with Crippen LogP contribution in [0.4, 0.5) is 10.5 Å². The highest BCUT2D eigenvalue weighted by Gasteiger charge is 2.23. The molecule has 1 aromatic rings. The van der Waals surface area contributed by atoms with Crippen molar-refractivity contribution >= 4 is 29.5 Å². The summed E-state index contributed by atoms with van der Waals surface area (Å²) in [5, 5.41) is 13.0. The number of allylic oxidation sites excluding steroid dienone is 1. The molecule has 212 valence electrons. The average molecular weight is 544 g/mol. The average Bonchev–Trinajstić information content (AvgIpc) is 3.24. The number of imide groups is 1. The van der Waals surface area contributed by atoms with E-state index in [1.165, 1.54) is 17.1 Å². The summed E-state index contributed by atoms with van der Waals surface area (Å²) in [6.45, 7) is 1.34. The molecule has 4 amide bonds. The first-order chi connectivity index (χ1) is 18.9. The Kier molecular flexibility index (Phi) is 12.1. The van der Waals surface area contributed by atoms with Crippen molar-refractivity contribution in [2.75, 3.05) is 51.5 Å². The van der Waals surface area contributed by atoms with Gasteiger partial charge in [0.1, 0.15) is 6.10 Å². The molecule has 1 heterocycles. The fourth-order valence-electron chi connectivity index (χ4n) is 4.04. The Labute approximate surface area is 228 Å². The molecular formula is C28H37N3O8. The molecule has 2 N–H and O–H groups in total. The van der Waals surface area contributed by atoms with Crippen LogP contribution in [0, 0.1) is 0 Å². The van der Waals surface area contributed by atoms with Gasteiger partial charge in [-0.25, -0.2) is 4.79 Å². The molecule has 2 aliphatic rings. The number of nitrogens with one attached hydrogen (secondary N) is 1. The lowest BCUT2D eigenvalue weighted by Gasteiger charge is -2.22. The first-order valence-corrected chi connectivity index (χ1v) is 13.2. The molecule has 1 unspecified atom stereocenters. The number of amides is 4. The second-order valence-corrected chi connectivity index (χ2v) is 9.22. The van der Waals surface area contributed by atoms with Gasteiger partial charge in [-0.05, 0) is 49.5 Å². The van der Waals surface area contributed by atoms with Crippen LogP contribution in [0.25, 0.3) is 0 Å². The lowest BCUT2D eigenvalue weighted by molar-refractivity contribution is -0.137. The minimum absolute atomic E-state index is 0.179. The number of hydrogen-bond acceptors (Lipinski definition) is 8. The van der Waals surface area contributed by atoms with Crippen LogP contribution in [0.5, 0.6) is 0 Å². The number of rotatable bonds is 13. The Hall–Kier alpha value is -3.54. The van der Waals surface area contributed by atoms with E-state index < -0.39 is 18.1 Å². The number of benzene rings is 1. The summed E-state index contributed by atoms with van der Waals surface area (Å²) in [6.07, 6.45) is 9.49. The molecule has 11 nitrogen and oxygen atoms in total. The zero-order chi connectivity index (χ0) is 28.0. The molecule has 2 atom stereocenters. The second kappa shape index (κ2) is 15.8. The highest BCUT2D eigenvalue weighted by molar-refractivity contribution is 6.12. The highest BCUT2D eigenvalue weighted by Crippen LogP contribution is 2.21. The van der Waals surface area contributed by atoms with E-state index in [4.69, 9.17) is 14.2 Å². The Morgan fingerprint density at radius 2 is 1.72 bits per heavy atom. The summed E-state index contributed by atoms with van der Waals surface area (Å²) in [5.74, 6) is -1.27. The maximum absolute atomic E-state index is 12.6. The molecule has 1 aromatic carbocycles. The van der Waals surface area contributed by atoms with Gasteiger partial charge in [-0.2, -0.15) is 0 Å². The molecule has 11 heteroatoms. The van der Waals surface area contributed by atoms with E-state index in [9.17, 15) is 24.3 Å². The van der Waals surface area contributed by atoms with Crippen LogP contribution in [-0.2, 0) is 28.6 Å². The minimum Gasteiger partial charge on any atom is -0.442 e. The van der Waals surface area contributed by atoms with Crippen LogP contribution in [0.3, 0.4) is 0 Å². The molecule has 39 heavy (non-hydrogen) atoms. The number of anilines is 1. The molecule has 1 aliphatic carbocycles. The predicted octanol–water partition coefficient (Wildman–Crippen LogP) is 2.26. The van der Waals surface area contributed by atoms with Gasteiger partial charge in [0.15, 0.2) is 6.10 Å². The molecule has 0 fully saturated rings. The van der Waals surface area contributed by atoms with Crippen molar-refractivity contribution in [2.45, 2.75) is 44.3 Å². The molecular weight excluding hydrogens is 506 g/mol. The van der Waals surface area contributed by atoms with Gasteiger partial charge in [-0.3, -0.25) is 24.2 Å². The summed E-state index contributed by atoms with van der Waals surface area (Å²) >= 11 is 0. The van der Waals surface area contributed by atoms with Gasteiger partial charge in [-0.1, -0.05) is 24.6 Å². The highest BCUT2D eigenvalue weighted by atomic mass is 16.6. The molecule has 0 saturated carbocycles. The lowest BCUT2D eigenvalue weighted by Crippen LogP contribution is -2.33. The second-order valence-electron chi connectivity index (χ2n) is 9.22. The van der Waals surface area contributed by atoms with Gasteiger partial charge in [-0.15, -0.1) is 0 Å². The van der Waals surface area contributed by atoms with E-state index in [2.05, 4.69) is 11.4 Å². The molecule has 1 aliphatic heterocycles. The van der Waals surface area contributed by atoms with Crippen LogP contribution in [0.15, 0.2) is 48.6 Å². The quantitative estimate of drug-likeness (QED) is 0.220. The maximum atomic E-state index is 12.6. The number of nitrogens with zero attached hydrogens (tertiary/aromatic N) is 2. The maximum Gasteiger partial charge on any atom is 0.414 e. The van der Waals surface area contributed by atoms with Crippen molar-refractivity contribution in [1.29, 1.82) is 0 Å². The van der Waals surface area contributed by atoms with Crippen LogP contribution in [-0.4, -0.2) is 86.5 Å². The summed E-state index contributed by atoms with van der Waals surface area (Å²) in [7, 11) is 1.62. The number of ether oxygens (including phenoxy) is 3. The summed E-state index contributed by atoms with van der Waals surface area (Å²) < 4.78 is 16.3. The molecule has 3 rings (SSSR count). The first-order valence-electron chi connectivity index (χ1n) is 13.2. The number of aliphatic hydroxyl groups is 1. The fraction of sp³-hybridized carbons (Fsp3) is 0.500. The van der Waals surface area contributed by atoms with E-state index in [1.807, 2.05) is 6.08 Å². The number of carbonyl (C=O) groups excluding carboxylic acids is 4. The van der Waals surface area contributed by atoms with E-state index >= 15 is 0 Å². The van der Waals surface area contributed by atoms with E-state index in [0.717, 1.165) is 37.0 Å². The molecule has 0 bridgehead atoms. The normalized spacial score (nSPS) is 18.8. The summed E-state index contributed by atoms with van der Waals surface area (Å²) in [5.41, 5.74) is 0.970. The topological polar surface area (TPSA) is 135 Å². The van der Waals surface area contributed by atoms with Gasteiger partial charge in [0.05, 0.1) is 33.0 Å². The Morgan fingerprint density at radius 1 is 1.03 bits per heavy atom. The Balaban J connectivity index is 1.30. The van der Waals surface area contributed by atoms with Crippen LogP contribution in [0.2, 0.25) is 0 Å². The Bertz CT molecular complexity index is 1020. The van der Waals surface area contributed by atoms with Crippen molar-refractivity contribution in [3.8, 4) is 0 Å². The van der Waals surface area contributed by atoms with Gasteiger partial charge in [0.25, 0.3) is 17.7 Å². The standard InChI is InChI=1S/C28H37N3O8/c1-30(28(36)39-23-7-5-3-2-4-6-8-23)22-11-9-21(10-12-22)26(34)27(35)29-15-17-37-19-20-38-18-16-31-24(32)13-14-25(31)33/h5,7,9-14,23,26,34H,2-4,6,8,15-20H2,1H3,(H,29,35)/b7-5+/t23-,26?/m0/s1. The first kappa shape index (κ1) is 30.0. The minimum atomic E-state index is -1.37. The zero-order valence-electron chi connectivity index (χ0n) is 22.3. The van der Waals surface area contributed by atoms with Gasteiger partial charge >= 0.3 is 6.09 Å². The smallest absolute Gasteiger partial charge is 0.414 e. The van der Waals surface area contributed by atoms with E-state index in [-0.39, 0.29) is 57.4 Å². The van der Waals surface area contributed by atoms with Crippen LogP contribution < -0.4 is 10.2 Å².